The molecule has 0 aliphatic carbocycles. The number of hydrogen-bond acceptors (Lipinski definition) is 15. The fourth-order valence-electron chi connectivity index (χ4n) is 11.2. The molecule has 0 aliphatic heterocycles. The largest absolute Gasteiger partial charge is 0.472 e. The Kier molecular flexibility index (Phi) is 63.4. The average Bonchev–Trinajstić information content (AvgIpc) is 1.92. The Balaban J connectivity index is 5.15. The molecule has 17 nitrogen and oxygen atoms in total. The minimum atomic E-state index is -4.95. The summed E-state index contributed by atoms with van der Waals surface area (Å²) < 4.78 is 68.2. The number of phosphoric ester groups is 2. The second kappa shape index (κ2) is 64.7. The van der Waals surface area contributed by atoms with Crippen LogP contribution in [0.25, 0.3) is 0 Å². The van der Waals surface area contributed by atoms with Gasteiger partial charge in [0.25, 0.3) is 0 Å². The van der Waals surface area contributed by atoms with Crippen LogP contribution >= 0.6 is 15.6 Å². The molecule has 0 spiro atoms. The van der Waals surface area contributed by atoms with E-state index in [0.717, 1.165) is 114 Å². The van der Waals surface area contributed by atoms with E-state index in [2.05, 4.69) is 48.5 Å². The summed E-state index contributed by atoms with van der Waals surface area (Å²) in [6, 6.07) is 0. The summed E-state index contributed by atoms with van der Waals surface area (Å²) in [5.41, 5.74) is 0. The molecule has 0 aromatic heterocycles. The molecular weight excluding hydrogens is 1220 g/mol. The molecule has 0 aromatic carbocycles. The Morgan fingerprint density at radius 3 is 0.731 bits per heavy atom. The molecule has 0 aliphatic rings. The van der Waals surface area contributed by atoms with Gasteiger partial charge in [-0.25, -0.2) is 9.13 Å². The lowest BCUT2D eigenvalue weighted by Gasteiger charge is -2.21. The zero-order valence-corrected chi connectivity index (χ0v) is 62.5. The van der Waals surface area contributed by atoms with E-state index in [4.69, 9.17) is 37.0 Å². The molecule has 0 saturated heterocycles. The summed E-state index contributed by atoms with van der Waals surface area (Å²) in [7, 11) is -9.90. The van der Waals surface area contributed by atoms with Gasteiger partial charge in [0, 0.05) is 25.7 Å². The molecule has 0 rings (SSSR count). The highest BCUT2D eigenvalue weighted by molar-refractivity contribution is 7.47. The predicted octanol–water partition coefficient (Wildman–Crippen LogP) is 21.4. The molecule has 0 aromatic rings. The molecule has 0 bridgehead atoms. The van der Waals surface area contributed by atoms with Gasteiger partial charge in [0.1, 0.15) is 19.3 Å². The van der Waals surface area contributed by atoms with Crippen LogP contribution in [0.15, 0.2) is 0 Å². The minimum Gasteiger partial charge on any atom is -0.462 e. The molecule has 93 heavy (non-hydrogen) atoms. The summed E-state index contributed by atoms with van der Waals surface area (Å²) >= 11 is 0. The van der Waals surface area contributed by atoms with Crippen molar-refractivity contribution in [2.45, 2.75) is 394 Å². The topological polar surface area (TPSA) is 237 Å². The normalized spacial score (nSPS) is 14.1. The van der Waals surface area contributed by atoms with Crippen molar-refractivity contribution in [2.75, 3.05) is 39.6 Å². The second-order valence-corrected chi connectivity index (χ2v) is 31.0. The van der Waals surface area contributed by atoms with E-state index in [0.29, 0.717) is 25.7 Å². The van der Waals surface area contributed by atoms with Crippen molar-refractivity contribution in [3.63, 3.8) is 0 Å². The van der Waals surface area contributed by atoms with Gasteiger partial charge in [-0.15, -0.1) is 0 Å². The Morgan fingerprint density at radius 2 is 0.495 bits per heavy atom. The van der Waals surface area contributed by atoms with E-state index in [1.54, 1.807) is 0 Å². The van der Waals surface area contributed by atoms with E-state index < -0.39 is 97.5 Å². The monoisotopic (exact) mass is 1370 g/mol. The number of hydrogen-bond donors (Lipinski definition) is 3. The third kappa shape index (κ3) is 68.4. The van der Waals surface area contributed by atoms with E-state index >= 15 is 0 Å². The number of unbranched alkanes of at least 4 members (excludes halogenated alkanes) is 40. The number of carbonyl (C=O) groups excluding carboxylic acids is 4. The van der Waals surface area contributed by atoms with Crippen LogP contribution in [0.1, 0.15) is 376 Å². The summed E-state index contributed by atoms with van der Waals surface area (Å²) in [6.07, 6.45) is 50.3. The van der Waals surface area contributed by atoms with Gasteiger partial charge in [0.05, 0.1) is 26.4 Å². The van der Waals surface area contributed by atoms with E-state index in [9.17, 15) is 43.2 Å². The van der Waals surface area contributed by atoms with Gasteiger partial charge < -0.3 is 33.8 Å². The molecule has 2 unspecified atom stereocenters. The summed E-state index contributed by atoms with van der Waals surface area (Å²) in [4.78, 5) is 72.5. The smallest absolute Gasteiger partial charge is 0.462 e. The molecule has 0 radical (unpaired) electrons. The zero-order chi connectivity index (χ0) is 68.7. The first-order valence-electron chi connectivity index (χ1n) is 38.3. The van der Waals surface area contributed by atoms with Crippen LogP contribution in [0.2, 0.25) is 0 Å². The predicted molar refractivity (Wildman–Crippen MR) is 377 cm³/mol. The van der Waals surface area contributed by atoms with Gasteiger partial charge in [-0.1, -0.05) is 325 Å². The maximum absolute atomic E-state index is 13.1. The van der Waals surface area contributed by atoms with Crippen molar-refractivity contribution in [2.24, 2.45) is 17.8 Å². The van der Waals surface area contributed by atoms with Gasteiger partial charge in [0.2, 0.25) is 0 Å². The third-order valence-electron chi connectivity index (χ3n) is 17.1. The van der Waals surface area contributed by atoms with Crippen LogP contribution in [0, 0.1) is 17.8 Å². The summed E-state index contributed by atoms with van der Waals surface area (Å²) in [5, 5.41) is 10.6. The first-order chi connectivity index (χ1) is 44.7. The fraction of sp³-hybridized carbons (Fsp3) is 0.946. The van der Waals surface area contributed by atoms with Crippen LogP contribution in [0.4, 0.5) is 0 Å². The van der Waals surface area contributed by atoms with Crippen LogP contribution < -0.4 is 0 Å². The fourth-order valence-corrected chi connectivity index (χ4v) is 12.8. The maximum Gasteiger partial charge on any atom is 0.472 e. The van der Waals surface area contributed by atoms with Crippen LogP contribution in [-0.4, -0.2) is 96.7 Å². The van der Waals surface area contributed by atoms with E-state index in [-0.39, 0.29) is 25.7 Å². The molecular formula is C74H144O17P2. The van der Waals surface area contributed by atoms with Gasteiger partial charge in [-0.3, -0.25) is 37.3 Å². The molecule has 3 N–H and O–H groups in total. The summed E-state index contributed by atoms with van der Waals surface area (Å²) in [6.45, 7) is 11.8. The summed E-state index contributed by atoms with van der Waals surface area (Å²) in [5.74, 6) is 0.229. The van der Waals surface area contributed by atoms with Crippen molar-refractivity contribution in [1.29, 1.82) is 0 Å². The average molecular weight is 1370 g/mol. The molecule has 552 valence electrons. The number of aliphatic hydroxyl groups excluding tert-OH is 1. The molecule has 0 heterocycles. The number of ether oxygens (including phenoxy) is 4. The molecule has 19 heteroatoms. The van der Waals surface area contributed by atoms with Crippen molar-refractivity contribution in [1.82, 2.24) is 0 Å². The van der Waals surface area contributed by atoms with E-state index in [1.165, 1.54) is 180 Å². The molecule has 0 amide bonds. The highest BCUT2D eigenvalue weighted by Gasteiger charge is 2.30. The van der Waals surface area contributed by atoms with Crippen molar-refractivity contribution >= 4 is 39.5 Å². The van der Waals surface area contributed by atoms with E-state index in [1.807, 2.05) is 0 Å². The molecule has 0 fully saturated rings. The third-order valence-corrected chi connectivity index (χ3v) is 19.0. The van der Waals surface area contributed by atoms with Gasteiger partial charge in [-0.2, -0.15) is 0 Å². The Labute approximate surface area is 568 Å². The lowest BCUT2D eigenvalue weighted by atomic mass is 10.0. The standard InChI is InChI=1S/C74H144O17P2/c1-8-9-10-38-48-55-71(76)84-61-69(90-73(78)58-51-44-37-31-25-19-22-28-34-41-47-54-67(6)7)63-88-92(80,81)86-59-68(75)60-87-93(82,83)89-64-70(62-85-72(77)56-49-42-35-29-23-18-14-16-21-27-33-40-46-53-66(4)5)91-74(79)57-50-43-36-30-24-17-13-11-12-15-20-26-32-39-45-52-65(2)3/h65-70,75H,8-64H2,1-7H3,(H,80,81)(H,82,83)/t68-,69+,70+/m0/s1. The van der Waals surface area contributed by atoms with Crippen LogP contribution in [0.3, 0.4) is 0 Å². The first-order valence-corrected chi connectivity index (χ1v) is 41.3. The van der Waals surface area contributed by atoms with Crippen molar-refractivity contribution in [3.8, 4) is 0 Å². The van der Waals surface area contributed by atoms with Gasteiger partial charge in [0.15, 0.2) is 12.2 Å². The number of rotatable bonds is 72. The Morgan fingerprint density at radius 1 is 0.290 bits per heavy atom. The molecule has 5 atom stereocenters. The van der Waals surface area contributed by atoms with Crippen LogP contribution in [0.5, 0.6) is 0 Å². The zero-order valence-electron chi connectivity index (χ0n) is 60.7. The van der Waals surface area contributed by atoms with Crippen molar-refractivity contribution in [3.05, 3.63) is 0 Å². The molecule has 0 saturated carbocycles. The highest BCUT2D eigenvalue weighted by atomic mass is 31.2. The quantitative estimate of drug-likeness (QED) is 0.0222. The minimum absolute atomic E-state index is 0.105. The first kappa shape index (κ1) is 91.1. The maximum atomic E-state index is 13.1. The lowest BCUT2D eigenvalue weighted by Crippen LogP contribution is -2.30. The van der Waals surface area contributed by atoms with Gasteiger partial charge in [-0.05, 0) is 43.4 Å². The Bertz CT molecular complexity index is 1820. The number of aliphatic hydroxyl groups is 1. The second-order valence-electron chi connectivity index (χ2n) is 28.1. The Hall–Kier alpha value is -1.94. The van der Waals surface area contributed by atoms with Crippen molar-refractivity contribution < 1.29 is 80.2 Å². The number of phosphoric acid groups is 2. The highest BCUT2D eigenvalue weighted by Crippen LogP contribution is 2.45. The number of carbonyl (C=O) groups is 4. The lowest BCUT2D eigenvalue weighted by molar-refractivity contribution is -0.161. The van der Waals surface area contributed by atoms with Crippen LogP contribution in [-0.2, 0) is 65.4 Å². The van der Waals surface area contributed by atoms with Gasteiger partial charge >= 0.3 is 39.5 Å². The number of esters is 4. The SMILES string of the molecule is CCCCCCCC(=O)OC[C@H](COP(=O)(O)OC[C@H](O)COP(=O)(O)OC[C@@H](COC(=O)CCCCCCCCCCCCCCCC(C)C)OC(=O)CCCCCCCCCCCCCCCCCC(C)C)OC(=O)CCCCCCCCCCCCCC(C)C.